The molecule has 1 saturated carbocycles. The van der Waals surface area contributed by atoms with Crippen LogP contribution in [0.3, 0.4) is 0 Å². The van der Waals surface area contributed by atoms with Gasteiger partial charge in [-0.1, -0.05) is 25.3 Å². The molecule has 2 aromatic heterocycles. The maximum atomic E-state index is 5.39. The third kappa shape index (κ3) is 1.86. The predicted molar refractivity (Wildman–Crippen MR) is 84.8 cm³/mol. The van der Waals surface area contributed by atoms with Crippen molar-refractivity contribution in [2.75, 3.05) is 13.2 Å². The van der Waals surface area contributed by atoms with Gasteiger partial charge in [0.2, 0.25) is 0 Å². The van der Waals surface area contributed by atoms with E-state index in [2.05, 4.69) is 21.7 Å². The van der Waals surface area contributed by atoms with Gasteiger partial charge in [-0.15, -0.1) is 0 Å². The SMILES string of the molecule is C1=C(C2COC2)c2c(ncc3nc(C4CCCCC4)cn23)C1. The van der Waals surface area contributed by atoms with Gasteiger partial charge in [0.15, 0.2) is 5.65 Å². The zero-order chi connectivity index (χ0) is 14.5. The predicted octanol–water partition coefficient (Wildman–Crippen LogP) is 3.36. The molecule has 0 bridgehead atoms. The fraction of sp³-hybridized carbons (Fsp3) is 0.556. The van der Waals surface area contributed by atoms with Crippen molar-refractivity contribution in [3.8, 4) is 0 Å². The Morgan fingerprint density at radius 1 is 1.09 bits per heavy atom. The molecule has 114 valence electrons. The molecule has 0 aromatic carbocycles. The minimum absolute atomic E-state index is 0.550. The van der Waals surface area contributed by atoms with E-state index in [9.17, 15) is 0 Å². The maximum Gasteiger partial charge on any atom is 0.156 e. The minimum atomic E-state index is 0.550. The second kappa shape index (κ2) is 4.92. The Morgan fingerprint density at radius 3 is 2.73 bits per heavy atom. The molecular weight excluding hydrogens is 274 g/mol. The molecule has 3 heterocycles. The lowest BCUT2D eigenvalue weighted by atomic mass is 9.87. The van der Waals surface area contributed by atoms with Gasteiger partial charge in [0.25, 0.3) is 0 Å². The van der Waals surface area contributed by atoms with Crippen molar-refractivity contribution >= 4 is 11.2 Å². The topological polar surface area (TPSA) is 39.4 Å². The van der Waals surface area contributed by atoms with E-state index in [1.54, 1.807) is 0 Å². The first-order valence-electron chi connectivity index (χ1n) is 8.55. The first-order valence-corrected chi connectivity index (χ1v) is 8.55. The summed E-state index contributed by atoms with van der Waals surface area (Å²) >= 11 is 0. The first-order chi connectivity index (χ1) is 10.9. The van der Waals surface area contributed by atoms with Crippen LogP contribution < -0.4 is 0 Å². The Balaban J connectivity index is 1.59. The van der Waals surface area contributed by atoms with E-state index in [-0.39, 0.29) is 0 Å². The number of imidazole rings is 1. The maximum absolute atomic E-state index is 5.39. The lowest BCUT2D eigenvalue weighted by Gasteiger charge is -2.28. The van der Waals surface area contributed by atoms with Crippen LogP contribution in [0.25, 0.3) is 11.2 Å². The Bertz CT molecular complexity index is 751. The van der Waals surface area contributed by atoms with Crippen LogP contribution in [0.15, 0.2) is 18.5 Å². The van der Waals surface area contributed by atoms with Crippen molar-refractivity contribution in [1.29, 1.82) is 0 Å². The van der Waals surface area contributed by atoms with Gasteiger partial charge in [0.05, 0.1) is 36.5 Å². The number of aromatic nitrogens is 3. The third-order valence-electron chi connectivity index (χ3n) is 5.49. The summed E-state index contributed by atoms with van der Waals surface area (Å²) in [6.07, 6.45) is 14.2. The van der Waals surface area contributed by atoms with E-state index in [0.717, 1.165) is 25.3 Å². The monoisotopic (exact) mass is 295 g/mol. The van der Waals surface area contributed by atoms with Crippen LogP contribution in [0.2, 0.25) is 0 Å². The van der Waals surface area contributed by atoms with E-state index in [4.69, 9.17) is 9.72 Å². The van der Waals surface area contributed by atoms with Gasteiger partial charge in [-0.25, -0.2) is 4.98 Å². The number of ether oxygens (including phenoxy) is 1. The second-order valence-corrected chi connectivity index (χ2v) is 6.88. The van der Waals surface area contributed by atoms with E-state index in [1.807, 2.05) is 6.20 Å². The minimum Gasteiger partial charge on any atom is -0.380 e. The van der Waals surface area contributed by atoms with Gasteiger partial charge < -0.3 is 4.74 Å². The summed E-state index contributed by atoms with van der Waals surface area (Å²) in [5.41, 5.74) is 6.19. The highest BCUT2D eigenvalue weighted by Gasteiger charge is 2.31. The first kappa shape index (κ1) is 12.8. The molecule has 1 saturated heterocycles. The summed E-state index contributed by atoms with van der Waals surface area (Å²) in [7, 11) is 0. The smallest absolute Gasteiger partial charge is 0.156 e. The number of hydrogen-bond acceptors (Lipinski definition) is 3. The molecule has 2 aromatic rings. The molecular formula is C18H21N3O. The second-order valence-electron chi connectivity index (χ2n) is 6.88. The van der Waals surface area contributed by atoms with Crippen LogP contribution in [-0.4, -0.2) is 27.6 Å². The van der Waals surface area contributed by atoms with Gasteiger partial charge >= 0.3 is 0 Å². The molecule has 0 spiro atoms. The molecule has 0 unspecified atom stereocenters. The van der Waals surface area contributed by atoms with Gasteiger partial charge in [0.1, 0.15) is 0 Å². The van der Waals surface area contributed by atoms with Crippen molar-refractivity contribution in [2.24, 2.45) is 5.92 Å². The number of hydrogen-bond donors (Lipinski definition) is 0. The molecule has 2 fully saturated rings. The van der Waals surface area contributed by atoms with Crippen LogP contribution in [0, 0.1) is 5.92 Å². The van der Waals surface area contributed by atoms with E-state index in [1.165, 1.54) is 54.8 Å². The van der Waals surface area contributed by atoms with Crippen molar-refractivity contribution in [1.82, 2.24) is 14.4 Å². The highest BCUT2D eigenvalue weighted by molar-refractivity contribution is 5.73. The lowest BCUT2D eigenvalue weighted by molar-refractivity contribution is -0.00280. The molecule has 2 aliphatic carbocycles. The molecule has 0 amide bonds. The van der Waals surface area contributed by atoms with Crippen LogP contribution >= 0.6 is 0 Å². The van der Waals surface area contributed by atoms with Gasteiger partial charge in [-0.2, -0.15) is 0 Å². The zero-order valence-electron chi connectivity index (χ0n) is 12.8. The molecule has 5 rings (SSSR count). The molecule has 0 N–H and O–H groups in total. The van der Waals surface area contributed by atoms with Crippen molar-refractivity contribution < 1.29 is 4.74 Å². The molecule has 0 radical (unpaired) electrons. The van der Waals surface area contributed by atoms with Gasteiger partial charge in [-0.3, -0.25) is 9.38 Å². The van der Waals surface area contributed by atoms with Gasteiger partial charge in [-0.05, 0) is 18.4 Å². The van der Waals surface area contributed by atoms with Gasteiger partial charge in [0, 0.05) is 24.5 Å². The fourth-order valence-corrected chi connectivity index (χ4v) is 4.15. The van der Waals surface area contributed by atoms with Crippen LogP contribution in [0.5, 0.6) is 0 Å². The lowest BCUT2D eigenvalue weighted by Crippen LogP contribution is -2.28. The highest BCUT2D eigenvalue weighted by atomic mass is 16.5. The van der Waals surface area contributed by atoms with E-state index < -0.39 is 0 Å². The molecule has 4 heteroatoms. The summed E-state index contributed by atoms with van der Waals surface area (Å²) in [5.74, 6) is 1.19. The molecule has 0 atom stereocenters. The van der Waals surface area contributed by atoms with Crippen LogP contribution in [-0.2, 0) is 11.2 Å². The van der Waals surface area contributed by atoms with Crippen molar-refractivity contribution in [3.05, 3.63) is 35.6 Å². The van der Waals surface area contributed by atoms with Crippen molar-refractivity contribution in [3.63, 3.8) is 0 Å². The molecule has 1 aliphatic heterocycles. The quantitative estimate of drug-likeness (QED) is 0.853. The number of fused-ring (bicyclic) bond motifs is 3. The number of allylic oxidation sites excluding steroid dienone is 1. The number of rotatable bonds is 2. The van der Waals surface area contributed by atoms with Crippen LogP contribution in [0.4, 0.5) is 0 Å². The normalized spacial score (nSPS) is 22.6. The third-order valence-corrected chi connectivity index (χ3v) is 5.49. The zero-order valence-corrected chi connectivity index (χ0v) is 12.8. The summed E-state index contributed by atoms with van der Waals surface area (Å²) < 4.78 is 7.68. The Kier molecular flexibility index (Phi) is 2.87. The fourth-order valence-electron chi connectivity index (χ4n) is 4.15. The standard InChI is InChI=1S/C18H21N3O/c1-2-4-12(5-3-1)16-9-21-17(20-16)8-19-15-7-6-14(18(15)21)13-10-22-11-13/h6,8-9,12-13H,1-5,7,10-11H2. The Hall–Kier alpha value is -1.68. The number of nitrogens with zero attached hydrogens (tertiary/aromatic N) is 3. The highest BCUT2D eigenvalue weighted by Crippen LogP contribution is 2.37. The largest absolute Gasteiger partial charge is 0.380 e. The summed E-state index contributed by atoms with van der Waals surface area (Å²) in [6, 6.07) is 0. The summed E-state index contributed by atoms with van der Waals surface area (Å²) in [5, 5.41) is 0. The Morgan fingerprint density at radius 2 is 1.95 bits per heavy atom. The Labute approximate surface area is 130 Å². The average Bonchev–Trinajstić information content (AvgIpc) is 3.10. The van der Waals surface area contributed by atoms with Crippen LogP contribution in [0.1, 0.15) is 55.1 Å². The summed E-state index contributed by atoms with van der Waals surface area (Å²) in [6.45, 7) is 1.71. The van der Waals surface area contributed by atoms with E-state index >= 15 is 0 Å². The average molecular weight is 295 g/mol. The van der Waals surface area contributed by atoms with Crippen molar-refractivity contribution in [2.45, 2.75) is 44.4 Å². The molecule has 3 aliphatic rings. The van der Waals surface area contributed by atoms with E-state index in [0.29, 0.717) is 11.8 Å². The summed E-state index contributed by atoms with van der Waals surface area (Å²) in [4.78, 5) is 9.55. The molecule has 4 nitrogen and oxygen atoms in total. The molecule has 22 heavy (non-hydrogen) atoms.